The molecule has 0 aromatic heterocycles. The van der Waals surface area contributed by atoms with Crippen molar-refractivity contribution in [1.82, 2.24) is 0 Å². The fourth-order valence-corrected chi connectivity index (χ4v) is 2.34. The first-order valence-electron chi connectivity index (χ1n) is 5.11. The average Bonchev–Trinajstić information content (AvgIpc) is 2.52. The molecule has 0 fully saturated rings. The van der Waals surface area contributed by atoms with Crippen LogP contribution >= 0.6 is 0 Å². The molecule has 14 heavy (non-hydrogen) atoms. The average molecular weight is 189 g/mol. The number of likely N-dealkylation sites (N-methyl/N-ethyl adjacent to an activating group) is 1. The molecule has 0 bridgehead atoms. The Morgan fingerprint density at radius 2 is 2.36 bits per heavy atom. The molecule has 0 aliphatic carbocycles. The standard InChI is InChI=1S/C12H15NO/c1-3-13-9(2)7-10-5-4-6-11(8-14)12(10)13/h4-6,8-9H,3,7H2,1-2H3. The molecule has 1 aromatic carbocycles. The molecule has 0 radical (unpaired) electrons. The number of benzene rings is 1. The SMILES string of the molecule is CCN1c2c(C=O)cccc2CC1C. The minimum absolute atomic E-state index is 0.524. The Balaban J connectivity index is 2.53. The predicted octanol–water partition coefficient (Wildman–Crippen LogP) is 2.27. The van der Waals surface area contributed by atoms with E-state index < -0.39 is 0 Å². The van der Waals surface area contributed by atoms with E-state index >= 15 is 0 Å². The van der Waals surface area contributed by atoms with E-state index in [-0.39, 0.29) is 0 Å². The molecule has 2 nitrogen and oxygen atoms in total. The molecule has 0 amide bonds. The number of hydrogen-bond acceptors (Lipinski definition) is 2. The Labute approximate surface area is 84.5 Å². The number of carbonyl (C=O) groups excluding carboxylic acids is 1. The van der Waals surface area contributed by atoms with Crippen LogP contribution in [0.5, 0.6) is 0 Å². The summed E-state index contributed by atoms with van der Waals surface area (Å²) < 4.78 is 0. The van der Waals surface area contributed by atoms with Gasteiger partial charge in [-0.1, -0.05) is 12.1 Å². The molecule has 0 spiro atoms. The Kier molecular flexibility index (Phi) is 2.28. The van der Waals surface area contributed by atoms with Crippen molar-refractivity contribution in [2.24, 2.45) is 0 Å². The molecule has 74 valence electrons. The quantitative estimate of drug-likeness (QED) is 0.665. The van der Waals surface area contributed by atoms with E-state index in [1.807, 2.05) is 12.1 Å². The summed E-state index contributed by atoms with van der Waals surface area (Å²) in [7, 11) is 0. The third-order valence-corrected chi connectivity index (χ3v) is 2.95. The number of para-hydroxylation sites is 1. The Bertz CT molecular complexity index is 359. The number of carbonyl (C=O) groups is 1. The zero-order valence-corrected chi connectivity index (χ0v) is 8.66. The minimum Gasteiger partial charge on any atom is -0.368 e. The van der Waals surface area contributed by atoms with E-state index in [1.54, 1.807) is 0 Å². The molecular formula is C12H15NO. The minimum atomic E-state index is 0.524. The van der Waals surface area contributed by atoms with Crippen LogP contribution in [-0.4, -0.2) is 18.9 Å². The van der Waals surface area contributed by atoms with Crippen molar-refractivity contribution in [3.63, 3.8) is 0 Å². The van der Waals surface area contributed by atoms with Gasteiger partial charge in [0.1, 0.15) is 0 Å². The van der Waals surface area contributed by atoms with Crippen LogP contribution in [0.15, 0.2) is 18.2 Å². The van der Waals surface area contributed by atoms with Crippen molar-refractivity contribution in [3.8, 4) is 0 Å². The molecule has 0 N–H and O–H groups in total. The molecule has 1 aliphatic heterocycles. The molecule has 1 heterocycles. The zero-order chi connectivity index (χ0) is 10.1. The second kappa shape index (κ2) is 3.45. The molecule has 0 saturated carbocycles. The van der Waals surface area contributed by atoms with Gasteiger partial charge in [0, 0.05) is 18.2 Å². The lowest BCUT2D eigenvalue weighted by Crippen LogP contribution is -2.29. The molecule has 1 atom stereocenters. The van der Waals surface area contributed by atoms with E-state index in [2.05, 4.69) is 24.8 Å². The van der Waals surface area contributed by atoms with Gasteiger partial charge >= 0.3 is 0 Å². The summed E-state index contributed by atoms with van der Waals surface area (Å²) in [5, 5.41) is 0. The van der Waals surface area contributed by atoms with Crippen LogP contribution in [-0.2, 0) is 6.42 Å². The topological polar surface area (TPSA) is 20.3 Å². The number of fused-ring (bicyclic) bond motifs is 1. The molecular weight excluding hydrogens is 174 g/mol. The van der Waals surface area contributed by atoms with Crippen LogP contribution < -0.4 is 4.90 Å². The van der Waals surface area contributed by atoms with Crippen LogP contribution in [0, 0.1) is 0 Å². The van der Waals surface area contributed by atoms with E-state index in [9.17, 15) is 4.79 Å². The number of anilines is 1. The number of rotatable bonds is 2. The van der Waals surface area contributed by atoms with Crippen molar-refractivity contribution in [2.75, 3.05) is 11.4 Å². The van der Waals surface area contributed by atoms with Crippen molar-refractivity contribution < 1.29 is 4.79 Å². The van der Waals surface area contributed by atoms with Crippen LogP contribution in [0.1, 0.15) is 29.8 Å². The fourth-order valence-electron chi connectivity index (χ4n) is 2.34. The first kappa shape index (κ1) is 9.25. The summed E-state index contributed by atoms with van der Waals surface area (Å²) in [5.74, 6) is 0. The molecule has 2 heteroatoms. The lowest BCUT2D eigenvalue weighted by molar-refractivity contribution is 0.112. The Morgan fingerprint density at radius 3 is 3.00 bits per heavy atom. The molecule has 1 aromatic rings. The summed E-state index contributed by atoms with van der Waals surface area (Å²) >= 11 is 0. The summed E-state index contributed by atoms with van der Waals surface area (Å²) in [6, 6.07) is 6.51. The summed E-state index contributed by atoms with van der Waals surface area (Å²) in [6.45, 7) is 5.31. The van der Waals surface area contributed by atoms with Crippen LogP contribution in [0.4, 0.5) is 5.69 Å². The van der Waals surface area contributed by atoms with Crippen molar-refractivity contribution >= 4 is 12.0 Å². The lowest BCUT2D eigenvalue weighted by Gasteiger charge is -2.23. The normalized spacial score (nSPS) is 19.6. The van der Waals surface area contributed by atoms with Gasteiger partial charge in [-0.05, 0) is 31.9 Å². The number of aldehydes is 1. The third kappa shape index (κ3) is 1.22. The van der Waals surface area contributed by atoms with Crippen LogP contribution in [0.25, 0.3) is 0 Å². The summed E-state index contributed by atoms with van der Waals surface area (Å²) in [6.07, 6.45) is 2.02. The van der Waals surface area contributed by atoms with Gasteiger partial charge < -0.3 is 4.90 Å². The van der Waals surface area contributed by atoms with E-state index in [4.69, 9.17) is 0 Å². The highest BCUT2D eigenvalue weighted by atomic mass is 16.1. The van der Waals surface area contributed by atoms with Gasteiger partial charge in [0.2, 0.25) is 0 Å². The van der Waals surface area contributed by atoms with Gasteiger partial charge in [0.15, 0.2) is 6.29 Å². The summed E-state index contributed by atoms with van der Waals surface area (Å²) in [4.78, 5) is 13.2. The molecule has 1 unspecified atom stereocenters. The van der Waals surface area contributed by atoms with Gasteiger partial charge in [-0.15, -0.1) is 0 Å². The highest BCUT2D eigenvalue weighted by Gasteiger charge is 2.26. The second-order valence-corrected chi connectivity index (χ2v) is 3.81. The highest BCUT2D eigenvalue weighted by Crippen LogP contribution is 2.34. The first-order chi connectivity index (χ1) is 6.77. The van der Waals surface area contributed by atoms with Crippen molar-refractivity contribution in [2.45, 2.75) is 26.3 Å². The van der Waals surface area contributed by atoms with Crippen LogP contribution in [0.2, 0.25) is 0 Å². The zero-order valence-electron chi connectivity index (χ0n) is 8.66. The monoisotopic (exact) mass is 189 g/mol. The van der Waals surface area contributed by atoms with Crippen molar-refractivity contribution in [1.29, 1.82) is 0 Å². The van der Waals surface area contributed by atoms with Gasteiger partial charge in [-0.2, -0.15) is 0 Å². The van der Waals surface area contributed by atoms with Gasteiger partial charge in [0.25, 0.3) is 0 Å². The van der Waals surface area contributed by atoms with Gasteiger partial charge in [-0.3, -0.25) is 4.79 Å². The van der Waals surface area contributed by atoms with Crippen LogP contribution in [0.3, 0.4) is 0 Å². The van der Waals surface area contributed by atoms with E-state index in [1.165, 1.54) is 5.56 Å². The summed E-state index contributed by atoms with van der Waals surface area (Å²) in [5.41, 5.74) is 3.29. The maximum atomic E-state index is 10.9. The smallest absolute Gasteiger partial charge is 0.152 e. The van der Waals surface area contributed by atoms with E-state index in [0.29, 0.717) is 6.04 Å². The number of hydrogen-bond donors (Lipinski definition) is 0. The fraction of sp³-hybridized carbons (Fsp3) is 0.417. The molecule has 2 rings (SSSR count). The van der Waals surface area contributed by atoms with Gasteiger partial charge in [-0.25, -0.2) is 0 Å². The Morgan fingerprint density at radius 1 is 1.57 bits per heavy atom. The molecule has 1 aliphatic rings. The third-order valence-electron chi connectivity index (χ3n) is 2.95. The molecule has 0 saturated heterocycles. The Hall–Kier alpha value is -1.31. The maximum Gasteiger partial charge on any atom is 0.152 e. The van der Waals surface area contributed by atoms with Crippen molar-refractivity contribution in [3.05, 3.63) is 29.3 Å². The largest absolute Gasteiger partial charge is 0.368 e. The highest BCUT2D eigenvalue weighted by molar-refractivity contribution is 5.87. The first-order valence-corrected chi connectivity index (χ1v) is 5.11. The number of nitrogens with zero attached hydrogens (tertiary/aromatic N) is 1. The van der Waals surface area contributed by atoms with Gasteiger partial charge in [0.05, 0.1) is 5.69 Å². The van der Waals surface area contributed by atoms with E-state index in [0.717, 1.165) is 30.5 Å². The maximum absolute atomic E-state index is 10.9. The second-order valence-electron chi connectivity index (χ2n) is 3.81. The lowest BCUT2D eigenvalue weighted by atomic mass is 10.1. The predicted molar refractivity (Wildman–Crippen MR) is 58.0 cm³/mol.